The number of aliphatic carboxylic acids is 1. The first-order valence-electron chi connectivity index (χ1n) is 5.80. The van der Waals surface area contributed by atoms with E-state index in [2.05, 4.69) is 10.6 Å². The number of amides is 2. The standard InChI is InChI=1S/C11H22N2O3S/c1-4-5-9(10(14)15)13-11(16)12-8(2)6-7-17-3/h8-9H,4-7H2,1-3H3,(H,14,15)(H2,12,13,16)/t8?,9-/m0/s1. The van der Waals surface area contributed by atoms with Crippen LogP contribution in [0.15, 0.2) is 0 Å². The second-order valence-corrected chi connectivity index (χ2v) is 4.97. The summed E-state index contributed by atoms with van der Waals surface area (Å²) in [5.74, 6) is -0.0163. The van der Waals surface area contributed by atoms with Gasteiger partial charge in [-0.15, -0.1) is 0 Å². The first kappa shape index (κ1) is 16.1. The molecular weight excluding hydrogens is 240 g/mol. The summed E-state index contributed by atoms with van der Waals surface area (Å²) in [5, 5.41) is 14.1. The van der Waals surface area contributed by atoms with Crippen molar-refractivity contribution in [1.29, 1.82) is 0 Å². The molecular formula is C11H22N2O3S. The van der Waals surface area contributed by atoms with Crippen molar-refractivity contribution >= 4 is 23.8 Å². The van der Waals surface area contributed by atoms with Gasteiger partial charge in [0, 0.05) is 6.04 Å². The van der Waals surface area contributed by atoms with Gasteiger partial charge >= 0.3 is 12.0 Å². The summed E-state index contributed by atoms with van der Waals surface area (Å²) in [6, 6.07) is -1.15. The molecule has 0 aromatic heterocycles. The van der Waals surface area contributed by atoms with E-state index in [1.165, 1.54) is 0 Å². The Balaban J connectivity index is 4.00. The number of carbonyl (C=O) groups is 2. The van der Waals surface area contributed by atoms with E-state index in [4.69, 9.17) is 5.11 Å². The van der Waals surface area contributed by atoms with Crippen LogP contribution in [0.2, 0.25) is 0 Å². The molecule has 0 aliphatic carbocycles. The van der Waals surface area contributed by atoms with Gasteiger partial charge in [0.1, 0.15) is 6.04 Å². The first-order valence-corrected chi connectivity index (χ1v) is 7.19. The van der Waals surface area contributed by atoms with Crippen LogP contribution in [0, 0.1) is 0 Å². The van der Waals surface area contributed by atoms with E-state index in [0.717, 1.165) is 18.6 Å². The molecule has 0 aliphatic rings. The van der Waals surface area contributed by atoms with Gasteiger partial charge in [-0.25, -0.2) is 9.59 Å². The lowest BCUT2D eigenvalue weighted by molar-refractivity contribution is -0.139. The Morgan fingerprint density at radius 1 is 1.29 bits per heavy atom. The monoisotopic (exact) mass is 262 g/mol. The Morgan fingerprint density at radius 2 is 1.94 bits per heavy atom. The second kappa shape index (κ2) is 9.15. The fourth-order valence-electron chi connectivity index (χ4n) is 1.34. The van der Waals surface area contributed by atoms with E-state index < -0.39 is 18.0 Å². The van der Waals surface area contributed by atoms with Gasteiger partial charge < -0.3 is 15.7 Å². The summed E-state index contributed by atoms with van der Waals surface area (Å²) < 4.78 is 0. The number of thioether (sulfide) groups is 1. The number of urea groups is 1. The number of nitrogens with one attached hydrogen (secondary N) is 2. The molecule has 6 heteroatoms. The molecule has 0 saturated heterocycles. The Bertz CT molecular complexity index is 249. The molecule has 0 aromatic rings. The molecule has 1 unspecified atom stereocenters. The Hall–Kier alpha value is -0.910. The molecule has 5 nitrogen and oxygen atoms in total. The van der Waals surface area contributed by atoms with E-state index in [9.17, 15) is 9.59 Å². The van der Waals surface area contributed by atoms with Crippen molar-refractivity contribution in [2.75, 3.05) is 12.0 Å². The Labute approximate surface area is 107 Å². The SMILES string of the molecule is CCC[C@H](NC(=O)NC(C)CCSC)C(=O)O. The normalized spacial score (nSPS) is 13.8. The van der Waals surface area contributed by atoms with E-state index in [-0.39, 0.29) is 6.04 Å². The van der Waals surface area contributed by atoms with Crippen LogP contribution in [0.3, 0.4) is 0 Å². The summed E-state index contributed by atoms with van der Waals surface area (Å²) >= 11 is 1.72. The number of carboxylic acid groups (broad SMARTS) is 1. The number of carbonyl (C=O) groups excluding carboxylic acids is 1. The molecule has 0 rings (SSSR count). The van der Waals surface area contributed by atoms with E-state index in [1.807, 2.05) is 20.1 Å². The topological polar surface area (TPSA) is 78.4 Å². The van der Waals surface area contributed by atoms with Crippen molar-refractivity contribution in [2.24, 2.45) is 0 Å². The summed E-state index contributed by atoms with van der Waals surface area (Å²) in [6.45, 7) is 3.79. The number of rotatable bonds is 8. The minimum absolute atomic E-state index is 0.0542. The third-order valence-electron chi connectivity index (χ3n) is 2.31. The van der Waals surface area contributed by atoms with Crippen LogP contribution < -0.4 is 10.6 Å². The third-order valence-corrected chi connectivity index (χ3v) is 2.96. The zero-order valence-electron chi connectivity index (χ0n) is 10.7. The second-order valence-electron chi connectivity index (χ2n) is 3.98. The van der Waals surface area contributed by atoms with Crippen LogP contribution in [0.1, 0.15) is 33.1 Å². The number of hydrogen-bond acceptors (Lipinski definition) is 3. The fourth-order valence-corrected chi connectivity index (χ4v) is 1.93. The summed E-state index contributed by atoms with van der Waals surface area (Å²) in [7, 11) is 0. The van der Waals surface area contributed by atoms with Gasteiger partial charge in [0.15, 0.2) is 0 Å². The maximum atomic E-state index is 11.5. The smallest absolute Gasteiger partial charge is 0.326 e. The zero-order chi connectivity index (χ0) is 13.3. The quantitative estimate of drug-likeness (QED) is 0.622. The van der Waals surface area contributed by atoms with Gasteiger partial charge in [-0.1, -0.05) is 13.3 Å². The fraction of sp³-hybridized carbons (Fsp3) is 0.818. The van der Waals surface area contributed by atoms with Gasteiger partial charge in [-0.05, 0) is 31.8 Å². The van der Waals surface area contributed by atoms with E-state index in [1.54, 1.807) is 11.8 Å². The molecule has 0 saturated carbocycles. The molecule has 0 bridgehead atoms. The van der Waals surface area contributed by atoms with E-state index in [0.29, 0.717) is 6.42 Å². The predicted molar refractivity (Wildman–Crippen MR) is 70.5 cm³/mol. The Kier molecular flexibility index (Phi) is 8.66. The highest BCUT2D eigenvalue weighted by Gasteiger charge is 2.19. The maximum Gasteiger partial charge on any atom is 0.326 e. The lowest BCUT2D eigenvalue weighted by atomic mass is 10.2. The molecule has 0 heterocycles. The lowest BCUT2D eigenvalue weighted by Crippen LogP contribution is -2.48. The van der Waals surface area contributed by atoms with E-state index >= 15 is 0 Å². The Morgan fingerprint density at radius 3 is 2.41 bits per heavy atom. The largest absolute Gasteiger partial charge is 0.480 e. The predicted octanol–water partition coefficient (Wildman–Crippen LogP) is 1.68. The first-order chi connectivity index (χ1) is 8.01. The average Bonchev–Trinajstić information content (AvgIpc) is 2.25. The zero-order valence-corrected chi connectivity index (χ0v) is 11.5. The lowest BCUT2D eigenvalue weighted by Gasteiger charge is -2.17. The highest BCUT2D eigenvalue weighted by molar-refractivity contribution is 7.98. The van der Waals surface area contributed by atoms with Crippen molar-refractivity contribution in [3.63, 3.8) is 0 Å². The highest BCUT2D eigenvalue weighted by atomic mass is 32.2. The van der Waals surface area contributed by atoms with Crippen LogP contribution in [-0.2, 0) is 4.79 Å². The number of carboxylic acids is 1. The van der Waals surface area contributed by atoms with Crippen molar-refractivity contribution in [3.05, 3.63) is 0 Å². The molecule has 0 fully saturated rings. The van der Waals surface area contributed by atoms with Gasteiger partial charge in [-0.3, -0.25) is 0 Å². The van der Waals surface area contributed by atoms with Crippen molar-refractivity contribution in [2.45, 2.75) is 45.2 Å². The highest BCUT2D eigenvalue weighted by Crippen LogP contribution is 2.00. The maximum absolute atomic E-state index is 11.5. The molecule has 0 radical (unpaired) electrons. The molecule has 0 aliphatic heterocycles. The molecule has 17 heavy (non-hydrogen) atoms. The average molecular weight is 262 g/mol. The van der Waals surface area contributed by atoms with Crippen LogP contribution >= 0.6 is 11.8 Å². The molecule has 100 valence electrons. The van der Waals surface area contributed by atoms with Crippen molar-refractivity contribution in [3.8, 4) is 0 Å². The van der Waals surface area contributed by atoms with Gasteiger partial charge in [0.05, 0.1) is 0 Å². The minimum Gasteiger partial charge on any atom is -0.480 e. The van der Waals surface area contributed by atoms with Crippen LogP contribution in [0.25, 0.3) is 0 Å². The van der Waals surface area contributed by atoms with Crippen molar-refractivity contribution in [1.82, 2.24) is 10.6 Å². The molecule has 2 amide bonds. The van der Waals surface area contributed by atoms with Gasteiger partial charge in [0.2, 0.25) is 0 Å². The van der Waals surface area contributed by atoms with Crippen LogP contribution in [0.5, 0.6) is 0 Å². The number of hydrogen-bond donors (Lipinski definition) is 3. The van der Waals surface area contributed by atoms with Crippen LogP contribution in [-0.4, -0.2) is 41.2 Å². The molecule has 0 aromatic carbocycles. The van der Waals surface area contributed by atoms with Crippen molar-refractivity contribution < 1.29 is 14.7 Å². The molecule has 0 spiro atoms. The third kappa shape index (κ3) is 7.90. The summed E-state index contributed by atoms with van der Waals surface area (Å²) in [6.07, 6.45) is 4.05. The minimum atomic E-state index is -0.987. The summed E-state index contributed by atoms with van der Waals surface area (Å²) in [4.78, 5) is 22.4. The van der Waals surface area contributed by atoms with Gasteiger partial charge in [0.25, 0.3) is 0 Å². The van der Waals surface area contributed by atoms with Gasteiger partial charge in [-0.2, -0.15) is 11.8 Å². The molecule has 2 atom stereocenters. The molecule has 3 N–H and O–H groups in total. The van der Waals surface area contributed by atoms with Crippen LogP contribution in [0.4, 0.5) is 4.79 Å². The summed E-state index contributed by atoms with van der Waals surface area (Å²) in [5.41, 5.74) is 0.